The molecule has 18 heavy (non-hydrogen) atoms. The highest BCUT2D eigenvalue weighted by Gasteiger charge is 2.50. The van der Waals surface area contributed by atoms with Gasteiger partial charge in [0, 0.05) is 37.3 Å². The Morgan fingerprint density at radius 3 is 2.50 bits per heavy atom. The predicted molar refractivity (Wildman–Crippen MR) is 77.9 cm³/mol. The lowest BCUT2D eigenvalue weighted by Crippen LogP contribution is -2.45. The van der Waals surface area contributed by atoms with E-state index in [0.717, 1.165) is 32.4 Å². The third-order valence-corrected chi connectivity index (χ3v) is 4.97. The van der Waals surface area contributed by atoms with Crippen molar-refractivity contribution in [3.8, 4) is 0 Å². The maximum Gasteiger partial charge on any atom is 0.223 e. The molecule has 0 aromatic heterocycles. The summed E-state index contributed by atoms with van der Waals surface area (Å²) in [6.07, 6.45) is 5.45. The molecular formula is C14H26N2OS. The smallest absolute Gasteiger partial charge is 0.223 e. The molecule has 1 aliphatic heterocycles. The lowest BCUT2D eigenvalue weighted by molar-refractivity contribution is -0.124. The number of thioether (sulfide) groups is 1. The Kier molecular flexibility index (Phi) is 4.59. The molecule has 0 spiro atoms. The third kappa shape index (κ3) is 3.64. The van der Waals surface area contributed by atoms with Crippen LogP contribution >= 0.6 is 11.8 Å². The van der Waals surface area contributed by atoms with Crippen molar-refractivity contribution in [2.75, 3.05) is 31.6 Å². The van der Waals surface area contributed by atoms with Gasteiger partial charge in [-0.2, -0.15) is 11.8 Å². The summed E-state index contributed by atoms with van der Waals surface area (Å²) in [4.78, 5) is 14.5. The lowest BCUT2D eigenvalue weighted by Gasteiger charge is -2.32. The van der Waals surface area contributed by atoms with Crippen LogP contribution in [0.5, 0.6) is 0 Å². The molecule has 104 valence electrons. The van der Waals surface area contributed by atoms with E-state index in [9.17, 15) is 4.79 Å². The van der Waals surface area contributed by atoms with Crippen molar-refractivity contribution in [2.45, 2.75) is 39.2 Å². The molecule has 0 radical (unpaired) electrons. The summed E-state index contributed by atoms with van der Waals surface area (Å²) in [6.45, 7) is 7.83. The third-order valence-electron chi connectivity index (χ3n) is 4.38. The van der Waals surface area contributed by atoms with E-state index in [0.29, 0.717) is 11.9 Å². The monoisotopic (exact) mass is 270 g/mol. The molecule has 1 N–H and O–H groups in total. The van der Waals surface area contributed by atoms with E-state index < -0.39 is 0 Å². The average molecular weight is 270 g/mol. The van der Waals surface area contributed by atoms with Gasteiger partial charge in [0.25, 0.3) is 0 Å². The van der Waals surface area contributed by atoms with Gasteiger partial charge < -0.3 is 10.2 Å². The van der Waals surface area contributed by atoms with Crippen molar-refractivity contribution in [3.05, 3.63) is 0 Å². The lowest BCUT2D eigenvalue weighted by atomic mass is 10.0. The highest BCUT2D eigenvalue weighted by molar-refractivity contribution is 7.98. The zero-order valence-corrected chi connectivity index (χ0v) is 12.7. The Morgan fingerprint density at radius 1 is 1.39 bits per heavy atom. The Hall–Kier alpha value is -0.220. The topological polar surface area (TPSA) is 32.3 Å². The molecule has 1 heterocycles. The Bertz CT molecular complexity index is 298. The average Bonchev–Trinajstić information content (AvgIpc) is 2.98. The van der Waals surface area contributed by atoms with Gasteiger partial charge in [-0.15, -0.1) is 0 Å². The first-order valence-electron chi connectivity index (χ1n) is 7.04. The normalized spacial score (nSPS) is 28.1. The van der Waals surface area contributed by atoms with E-state index in [2.05, 4.69) is 30.3 Å². The van der Waals surface area contributed by atoms with Gasteiger partial charge in [0.15, 0.2) is 0 Å². The number of amides is 1. The van der Waals surface area contributed by atoms with E-state index in [4.69, 9.17) is 0 Å². The van der Waals surface area contributed by atoms with Crippen LogP contribution in [0.3, 0.4) is 0 Å². The van der Waals surface area contributed by atoms with Crippen molar-refractivity contribution in [2.24, 2.45) is 11.3 Å². The number of piperidine rings is 1. The fraction of sp³-hybridized carbons (Fsp3) is 0.929. The predicted octanol–water partition coefficient (Wildman–Crippen LogP) is 1.98. The number of hydrogen-bond acceptors (Lipinski definition) is 3. The molecule has 4 heteroatoms. The van der Waals surface area contributed by atoms with Crippen molar-refractivity contribution in [3.63, 3.8) is 0 Å². The van der Waals surface area contributed by atoms with Crippen LogP contribution in [0, 0.1) is 11.3 Å². The van der Waals surface area contributed by atoms with Crippen molar-refractivity contribution >= 4 is 17.7 Å². The molecule has 1 amide bonds. The fourth-order valence-electron chi connectivity index (χ4n) is 2.74. The van der Waals surface area contributed by atoms with Crippen LogP contribution in [-0.2, 0) is 4.79 Å². The van der Waals surface area contributed by atoms with Crippen LogP contribution in [0.15, 0.2) is 0 Å². The van der Waals surface area contributed by atoms with Crippen LogP contribution in [0.4, 0.5) is 0 Å². The number of likely N-dealkylation sites (tertiary alicyclic amines) is 1. The minimum Gasteiger partial charge on any atom is -0.353 e. The molecule has 1 saturated carbocycles. The van der Waals surface area contributed by atoms with Gasteiger partial charge in [-0.3, -0.25) is 4.79 Å². The fourth-order valence-corrected chi connectivity index (χ4v) is 3.18. The molecule has 1 aliphatic carbocycles. The summed E-state index contributed by atoms with van der Waals surface area (Å²) in [5, 5.41) is 3.24. The van der Waals surface area contributed by atoms with Gasteiger partial charge in [0.05, 0.1) is 0 Å². The molecule has 1 saturated heterocycles. The minimum atomic E-state index is 0.253. The number of carbonyl (C=O) groups is 1. The highest BCUT2D eigenvalue weighted by Crippen LogP contribution is 2.51. The van der Waals surface area contributed by atoms with Crippen LogP contribution in [0.25, 0.3) is 0 Å². The summed E-state index contributed by atoms with van der Waals surface area (Å²) in [5.74, 6) is 1.78. The van der Waals surface area contributed by atoms with Gasteiger partial charge in [-0.05, 0) is 30.9 Å². The molecule has 3 nitrogen and oxygen atoms in total. The van der Waals surface area contributed by atoms with Gasteiger partial charge in [-0.25, -0.2) is 0 Å². The summed E-state index contributed by atoms with van der Waals surface area (Å²) in [6, 6.07) is 0.416. The summed E-state index contributed by atoms with van der Waals surface area (Å²) in [7, 11) is 0. The van der Waals surface area contributed by atoms with Crippen LogP contribution in [0.2, 0.25) is 0 Å². The second kappa shape index (κ2) is 5.83. The zero-order chi connectivity index (χ0) is 13.2. The van der Waals surface area contributed by atoms with E-state index in [1.54, 1.807) is 0 Å². The Balaban J connectivity index is 1.66. The molecule has 2 fully saturated rings. The molecule has 2 aliphatic rings. The zero-order valence-electron chi connectivity index (χ0n) is 11.9. The molecule has 0 aromatic rings. The van der Waals surface area contributed by atoms with Crippen LogP contribution in [-0.4, -0.2) is 48.5 Å². The summed E-state index contributed by atoms with van der Waals surface area (Å²) in [5.41, 5.74) is 0.253. The maximum atomic E-state index is 12.0. The van der Waals surface area contributed by atoms with Crippen molar-refractivity contribution < 1.29 is 4.79 Å². The summed E-state index contributed by atoms with van der Waals surface area (Å²) >= 11 is 1.91. The van der Waals surface area contributed by atoms with E-state index in [-0.39, 0.29) is 11.3 Å². The first kappa shape index (κ1) is 14.2. The number of rotatable bonds is 5. The van der Waals surface area contributed by atoms with Gasteiger partial charge in [0.1, 0.15) is 0 Å². The number of nitrogens with zero attached hydrogens (tertiary/aromatic N) is 1. The maximum absolute atomic E-state index is 12.0. The molecular weight excluding hydrogens is 244 g/mol. The van der Waals surface area contributed by atoms with Crippen molar-refractivity contribution in [1.29, 1.82) is 0 Å². The van der Waals surface area contributed by atoms with Gasteiger partial charge >= 0.3 is 0 Å². The number of nitrogens with one attached hydrogen (secondary N) is 1. The quantitative estimate of drug-likeness (QED) is 0.829. The molecule has 2 rings (SSSR count). The Morgan fingerprint density at radius 2 is 2.00 bits per heavy atom. The minimum absolute atomic E-state index is 0.253. The van der Waals surface area contributed by atoms with E-state index in [1.807, 2.05) is 11.8 Å². The second-order valence-electron chi connectivity index (χ2n) is 6.36. The number of carbonyl (C=O) groups excluding carboxylic acids is 1. The first-order chi connectivity index (χ1) is 8.53. The summed E-state index contributed by atoms with van der Waals surface area (Å²) < 4.78 is 0. The van der Waals surface area contributed by atoms with Gasteiger partial charge in [0.2, 0.25) is 5.91 Å². The van der Waals surface area contributed by atoms with Crippen LogP contribution < -0.4 is 5.32 Å². The molecule has 1 unspecified atom stereocenters. The highest BCUT2D eigenvalue weighted by atomic mass is 32.2. The standard InChI is InChI=1S/C14H26N2OS/c1-14(2)10-12(14)13(17)15-11-4-6-16(7-5-11)8-9-18-3/h11-12H,4-10H2,1-3H3,(H,15,17). The molecule has 1 atom stereocenters. The molecule has 0 bridgehead atoms. The van der Waals surface area contributed by atoms with Crippen LogP contribution in [0.1, 0.15) is 33.1 Å². The SMILES string of the molecule is CSCCN1CCC(NC(=O)C2CC2(C)C)CC1. The molecule has 0 aromatic carbocycles. The van der Waals surface area contributed by atoms with E-state index in [1.165, 1.54) is 12.3 Å². The second-order valence-corrected chi connectivity index (χ2v) is 7.35. The van der Waals surface area contributed by atoms with E-state index >= 15 is 0 Å². The van der Waals surface area contributed by atoms with Crippen molar-refractivity contribution in [1.82, 2.24) is 10.2 Å². The van der Waals surface area contributed by atoms with Gasteiger partial charge in [-0.1, -0.05) is 13.8 Å². The Labute approximate surface area is 115 Å². The number of hydrogen-bond donors (Lipinski definition) is 1. The largest absolute Gasteiger partial charge is 0.353 e. The first-order valence-corrected chi connectivity index (χ1v) is 8.44.